The van der Waals surface area contributed by atoms with Crippen LogP contribution < -0.4 is 9.64 Å². The summed E-state index contributed by atoms with van der Waals surface area (Å²) in [6.45, 7) is 0.701. The maximum absolute atomic E-state index is 12.9. The van der Waals surface area contributed by atoms with E-state index in [9.17, 15) is 14.7 Å². The number of carbonyl (C=O) groups excluding carboxylic acids is 2. The molecule has 0 radical (unpaired) electrons. The molecule has 1 aromatic rings. The number of aliphatic hydroxyl groups is 1. The molecule has 0 aromatic heterocycles. The first-order chi connectivity index (χ1) is 11.0. The molecule has 6 heteroatoms. The Morgan fingerprint density at radius 2 is 2.17 bits per heavy atom. The first kappa shape index (κ1) is 14.5. The molecule has 1 saturated heterocycles. The molecular weight excluding hydrogens is 296 g/mol. The maximum atomic E-state index is 12.9. The molecule has 2 heterocycles. The molecule has 0 bridgehead atoms. The average molecular weight is 316 g/mol. The van der Waals surface area contributed by atoms with Crippen molar-refractivity contribution in [2.24, 2.45) is 0 Å². The van der Waals surface area contributed by atoms with Crippen LogP contribution in [0.15, 0.2) is 18.2 Å². The van der Waals surface area contributed by atoms with E-state index in [2.05, 4.69) is 0 Å². The zero-order valence-electron chi connectivity index (χ0n) is 13.1. The van der Waals surface area contributed by atoms with Gasteiger partial charge in [0.05, 0.1) is 17.3 Å². The van der Waals surface area contributed by atoms with Crippen molar-refractivity contribution in [3.05, 3.63) is 23.8 Å². The Morgan fingerprint density at radius 3 is 2.91 bits per heavy atom. The number of rotatable bonds is 2. The summed E-state index contributed by atoms with van der Waals surface area (Å²) in [5, 5.41) is 10.4. The van der Waals surface area contributed by atoms with Crippen molar-refractivity contribution in [1.82, 2.24) is 4.90 Å². The lowest BCUT2D eigenvalue weighted by Crippen LogP contribution is -2.44. The van der Waals surface area contributed by atoms with Crippen LogP contribution in [-0.2, 0) is 4.79 Å². The molecule has 3 aliphatic rings. The Hall–Kier alpha value is -2.08. The molecule has 0 spiro atoms. The zero-order chi connectivity index (χ0) is 16.2. The van der Waals surface area contributed by atoms with E-state index in [0.29, 0.717) is 23.5 Å². The number of fused-ring (bicyclic) bond motifs is 1. The fraction of sp³-hybridized carbons (Fsp3) is 0.529. The Labute approximate surface area is 134 Å². The SMILES string of the molecule is CN1C(=O)COc2ccc(C(=O)N3CCCC3C3(O)CC3)cc21. The molecule has 1 N–H and O–H groups in total. The third-order valence-electron chi connectivity index (χ3n) is 5.19. The largest absolute Gasteiger partial charge is 0.482 e. The molecule has 1 aromatic carbocycles. The van der Waals surface area contributed by atoms with E-state index >= 15 is 0 Å². The van der Waals surface area contributed by atoms with Gasteiger partial charge in [-0.25, -0.2) is 0 Å². The number of nitrogens with zero attached hydrogens (tertiary/aromatic N) is 2. The van der Waals surface area contributed by atoms with Gasteiger partial charge in [0, 0.05) is 19.2 Å². The van der Waals surface area contributed by atoms with Crippen molar-refractivity contribution in [2.45, 2.75) is 37.3 Å². The van der Waals surface area contributed by atoms with E-state index in [0.717, 1.165) is 25.7 Å². The molecule has 1 saturated carbocycles. The van der Waals surface area contributed by atoms with E-state index in [1.807, 2.05) is 0 Å². The van der Waals surface area contributed by atoms with Crippen LogP contribution in [0.5, 0.6) is 5.75 Å². The second-order valence-corrected chi connectivity index (χ2v) is 6.68. The summed E-state index contributed by atoms with van der Waals surface area (Å²) in [7, 11) is 1.68. The monoisotopic (exact) mass is 316 g/mol. The molecule has 2 fully saturated rings. The lowest BCUT2D eigenvalue weighted by atomic mass is 10.1. The van der Waals surface area contributed by atoms with Crippen LogP contribution in [0.1, 0.15) is 36.0 Å². The van der Waals surface area contributed by atoms with Crippen molar-refractivity contribution in [3.8, 4) is 5.75 Å². The maximum Gasteiger partial charge on any atom is 0.264 e. The van der Waals surface area contributed by atoms with Crippen molar-refractivity contribution in [2.75, 3.05) is 25.1 Å². The fourth-order valence-corrected chi connectivity index (χ4v) is 3.60. The Morgan fingerprint density at radius 1 is 1.39 bits per heavy atom. The van der Waals surface area contributed by atoms with Gasteiger partial charge >= 0.3 is 0 Å². The standard InChI is InChI=1S/C17H20N2O4/c1-18-12-9-11(4-5-13(12)23-10-15(18)20)16(21)19-8-2-3-14(19)17(22)6-7-17/h4-5,9,14,22H,2-3,6-8,10H2,1H3. The molecule has 2 amide bonds. The highest BCUT2D eigenvalue weighted by molar-refractivity contribution is 6.01. The first-order valence-electron chi connectivity index (χ1n) is 8.06. The van der Waals surface area contributed by atoms with Gasteiger partial charge in [-0.15, -0.1) is 0 Å². The number of hydrogen-bond donors (Lipinski definition) is 1. The van der Waals surface area contributed by atoms with Gasteiger partial charge in [-0.1, -0.05) is 0 Å². The number of benzene rings is 1. The summed E-state index contributed by atoms with van der Waals surface area (Å²) in [5.41, 5.74) is 0.467. The summed E-state index contributed by atoms with van der Waals surface area (Å²) in [4.78, 5) is 27.9. The number of amides is 2. The third-order valence-corrected chi connectivity index (χ3v) is 5.19. The molecule has 1 aliphatic carbocycles. The van der Waals surface area contributed by atoms with Crippen LogP contribution in [0.2, 0.25) is 0 Å². The minimum absolute atomic E-state index is 0.0258. The van der Waals surface area contributed by atoms with Crippen LogP contribution in [0.4, 0.5) is 5.69 Å². The Balaban J connectivity index is 1.63. The number of carbonyl (C=O) groups is 2. The lowest BCUT2D eigenvalue weighted by molar-refractivity contribution is -0.120. The summed E-state index contributed by atoms with van der Waals surface area (Å²) < 4.78 is 5.40. The quantitative estimate of drug-likeness (QED) is 0.889. The highest BCUT2D eigenvalue weighted by Gasteiger charge is 2.52. The molecule has 6 nitrogen and oxygen atoms in total. The van der Waals surface area contributed by atoms with Crippen molar-refractivity contribution < 1.29 is 19.4 Å². The summed E-state index contributed by atoms with van der Waals surface area (Å²) in [5.74, 6) is 0.401. The zero-order valence-corrected chi connectivity index (χ0v) is 13.1. The Kier molecular flexibility index (Phi) is 3.13. The van der Waals surface area contributed by atoms with E-state index in [-0.39, 0.29) is 24.5 Å². The van der Waals surface area contributed by atoms with Crippen LogP contribution >= 0.6 is 0 Å². The predicted octanol–water partition coefficient (Wildman–Crippen LogP) is 1.17. The van der Waals surface area contributed by atoms with E-state index < -0.39 is 5.60 Å². The highest BCUT2D eigenvalue weighted by Crippen LogP contribution is 2.45. The van der Waals surface area contributed by atoms with E-state index in [1.54, 1.807) is 30.1 Å². The first-order valence-corrected chi connectivity index (χ1v) is 8.06. The number of anilines is 1. The van der Waals surface area contributed by atoms with Gasteiger partial charge in [0.15, 0.2) is 6.61 Å². The van der Waals surface area contributed by atoms with Crippen molar-refractivity contribution in [3.63, 3.8) is 0 Å². The van der Waals surface area contributed by atoms with Crippen LogP contribution in [0.3, 0.4) is 0 Å². The molecule has 4 rings (SSSR count). The van der Waals surface area contributed by atoms with Gasteiger partial charge in [0.2, 0.25) is 0 Å². The van der Waals surface area contributed by atoms with Gasteiger partial charge in [-0.3, -0.25) is 9.59 Å². The van der Waals surface area contributed by atoms with Crippen LogP contribution in [-0.4, -0.2) is 53.7 Å². The number of likely N-dealkylation sites (tertiary alicyclic amines) is 1. The lowest BCUT2D eigenvalue weighted by Gasteiger charge is -2.30. The molecule has 23 heavy (non-hydrogen) atoms. The van der Waals surface area contributed by atoms with Gasteiger partial charge in [-0.2, -0.15) is 0 Å². The van der Waals surface area contributed by atoms with Crippen molar-refractivity contribution >= 4 is 17.5 Å². The van der Waals surface area contributed by atoms with Gasteiger partial charge in [0.25, 0.3) is 11.8 Å². The second-order valence-electron chi connectivity index (χ2n) is 6.68. The smallest absolute Gasteiger partial charge is 0.264 e. The van der Waals surface area contributed by atoms with E-state index in [4.69, 9.17) is 4.74 Å². The number of hydrogen-bond acceptors (Lipinski definition) is 4. The minimum atomic E-state index is -0.684. The summed E-state index contributed by atoms with van der Waals surface area (Å²) in [6.07, 6.45) is 3.33. The predicted molar refractivity (Wildman–Crippen MR) is 83.6 cm³/mol. The van der Waals surface area contributed by atoms with Gasteiger partial charge in [-0.05, 0) is 43.9 Å². The minimum Gasteiger partial charge on any atom is -0.482 e. The normalized spacial score (nSPS) is 25.1. The summed E-state index contributed by atoms with van der Waals surface area (Å²) in [6, 6.07) is 5.10. The van der Waals surface area contributed by atoms with Crippen LogP contribution in [0.25, 0.3) is 0 Å². The molecular formula is C17H20N2O4. The highest BCUT2D eigenvalue weighted by atomic mass is 16.5. The van der Waals surface area contributed by atoms with Gasteiger partial charge in [0.1, 0.15) is 5.75 Å². The molecule has 2 aliphatic heterocycles. The second kappa shape index (κ2) is 4.96. The van der Waals surface area contributed by atoms with Gasteiger partial charge < -0.3 is 19.6 Å². The number of ether oxygens (including phenoxy) is 1. The Bertz CT molecular complexity index is 683. The molecule has 1 unspecified atom stereocenters. The van der Waals surface area contributed by atoms with Crippen molar-refractivity contribution in [1.29, 1.82) is 0 Å². The van der Waals surface area contributed by atoms with Crippen LogP contribution in [0, 0.1) is 0 Å². The third kappa shape index (κ3) is 2.28. The number of likely N-dealkylation sites (N-methyl/N-ethyl adjacent to an activating group) is 1. The topological polar surface area (TPSA) is 70.1 Å². The fourth-order valence-electron chi connectivity index (χ4n) is 3.60. The molecule has 122 valence electrons. The molecule has 1 atom stereocenters. The van der Waals surface area contributed by atoms with E-state index in [1.165, 1.54) is 4.90 Å². The average Bonchev–Trinajstić information content (AvgIpc) is 3.11. The summed E-state index contributed by atoms with van der Waals surface area (Å²) >= 11 is 0.